The molecule has 0 N–H and O–H groups in total. The molecule has 4 heteroatoms. The third-order valence-corrected chi connectivity index (χ3v) is 6.43. The number of benzene rings is 4. The first-order chi connectivity index (χ1) is 19.5. The third kappa shape index (κ3) is 7.91. The van der Waals surface area contributed by atoms with Crippen molar-refractivity contribution in [2.45, 2.75) is 26.2 Å². The summed E-state index contributed by atoms with van der Waals surface area (Å²) in [6.07, 6.45) is 3.67. The first kappa shape index (κ1) is 29.7. The van der Waals surface area contributed by atoms with Gasteiger partial charge in [-0.05, 0) is 34.5 Å². The molecule has 0 fully saturated rings. The van der Waals surface area contributed by atoms with Crippen molar-refractivity contribution in [1.29, 1.82) is 0 Å². The number of pyridine rings is 1. The van der Waals surface area contributed by atoms with E-state index in [0.29, 0.717) is 0 Å². The summed E-state index contributed by atoms with van der Waals surface area (Å²) in [6, 6.07) is 47.2. The molecule has 0 unspecified atom stereocenters. The standard InChI is InChI=1S/C20H19N2.C17H12N.Ir/c1-20(2,3)18-12-13-21-19(22-18)17-11-7-10-16(14-17)15-8-5-4-6-9-15;1-3-7-14(8-4-1)16-11-12-18-17(13-16)15-9-5-2-6-10-15;/h4-10,12-14H,1-3H3;1-9,11-13H;/q2*-1;. The zero-order chi connectivity index (χ0) is 27.8. The van der Waals surface area contributed by atoms with E-state index >= 15 is 0 Å². The molecule has 2 aromatic heterocycles. The van der Waals surface area contributed by atoms with Crippen LogP contribution in [0.4, 0.5) is 0 Å². The normalized spacial score (nSPS) is 10.6. The first-order valence-corrected chi connectivity index (χ1v) is 13.4. The van der Waals surface area contributed by atoms with Crippen molar-refractivity contribution < 1.29 is 20.1 Å². The molecule has 0 saturated heterocycles. The van der Waals surface area contributed by atoms with E-state index in [-0.39, 0.29) is 25.5 Å². The second-order valence-corrected chi connectivity index (χ2v) is 10.4. The van der Waals surface area contributed by atoms with Crippen LogP contribution in [-0.2, 0) is 25.5 Å². The van der Waals surface area contributed by atoms with Crippen molar-refractivity contribution in [3.63, 3.8) is 0 Å². The Morgan fingerprint density at radius 2 is 1.15 bits per heavy atom. The molecule has 3 nitrogen and oxygen atoms in total. The van der Waals surface area contributed by atoms with Crippen LogP contribution < -0.4 is 0 Å². The molecule has 0 aliphatic carbocycles. The summed E-state index contributed by atoms with van der Waals surface area (Å²) < 4.78 is 0. The summed E-state index contributed by atoms with van der Waals surface area (Å²) in [5.41, 5.74) is 8.67. The average Bonchev–Trinajstić information content (AvgIpc) is 3.02. The summed E-state index contributed by atoms with van der Waals surface area (Å²) in [4.78, 5) is 13.5. The Morgan fingerprint density at radius 1 is 0.537 bits per heavy atom. The molecule has 4 aromatic carbocycles. The summed E-state index contributed by atoms with van der Waals surface area (Å²) in [6.45, 7) is 6.47. The molecule has 0 amide bonds. The molecule has 6 rings (SSSR count). The van der Waals surface area contributed by atoms with Crippen molar-refractivity contribution in [3.8, 4) is 44.9 Å². The summed E-state index contributed by atoms with van der Waals surface area (Å²) in [5.74, 6) is 0.727. The predicted octanol–water partition coefficient (Wildman–Crippen LogP) is 9.12. The average molecular weight is 710 g/mol. The summed E-state index contributed by atoms with van der Waals surface area (Å²) in [7, 11) is 0. The molecule has 0 bridgehead atoms. The van der Waals surface area contributed by atoms with Crippen LogP contribution in [0, 0.1) is 12.1 Å². The van der Waals surface area contributed by atoms with Gasteiger partial charge in [-0.25, -0.2) is 0 Å². The fourth-order valence-electron chi connectivity index (χ4n) is 4.25. The molecule has 0 saturated carbocycles. The van der Waals surface area contributed by atoms with Crippen LogP contribution in [0.15, 0.2) is 134 Å². The Hall–Kier alpha value is -4.24. The van der Waals surface area contributed by atoms with Crippen molar-refractivity contribution >= 4 is 0 Å². The van der Waals surface area contributed by atoms with Crippen molar-refractivity contribution in [2.24, 2.45) is 0 Å². The molecule has 205 valence electrons. The SMILES string of the molecule is CC(C)(C)c1ccnc(-c2[c-]ccc(-c3ccccc3)c2)n1.[Ir].[c-]1ccccc1-c1cc(-c2ccccc2)ccn1. The van der Waals surface area contributed by atoms with Crippen LogP contribution in [0.1, 0.15) is 26.5 Å². The van der Waals surface area contributed by atoms with Gasteiger partial charge in [-0.15, -0.1) is 71.3 Å². The zero-order valence-electron chi connectivity index (χ0n) is 23.4. The maximum absolute atomic E-state index is 4.71. The fourth-order valence-corrected chi connectivity index (χ4v) is 4.25. The molecule has 2 heterocycles. The van der Waals surface area contributed by atoms with Gasteiger partial charge in [-0.2, -0.15) is 0 Å². The number of nitrogens with zero attached hydrogens (tertiary/aromatic N) is 3. The van der Waals surface area contributed by atoms with Crippen LogP contribution in [0.25, 0.3) is 44.9 Å². The van der Waals surface area contributed by atoms with E-state index in [1.807, 2.05) is 91.3 Å². The minimum absolute atomic E-state index is 0. The van der Waals surface area contributed by atoms with Crippen LogP contribution in [0.5, 0.6) is 0 Å². The molecule has 6 aromatic rings. The third-order valence-electron chi connectivity index (χ3n) is 6.43. The van der Waals surface area contributed by atoms with Gasteiger partial charge in [0.25, 0.3) is 0 Å². The quantitative estimate of drug-likeness (QED) is 0.172. The molecule has 0 spiro atoms. The zero-order valence-corrected chi connectivity index (χ0v) is 25.8. The fraction of sp³-hybridized carbons (Fsp3) is 0.108. The Kier molecular flexibility index (Phi) is 10.1. The Labute approximate surface area is 256 Å². The van der Waals surface area contributed by atoms with Crippen LogP contribution in [0.3, 0.4) is 0 Å². The molecule has 0 aliphatic heterocycles. The van der Waals surface area contributed by atoms with Gasteiger partial charge in [0.2, 0.25) is 0 Å². The largest absolute Gasteiger partial charge is 0.305 e. The topological polar surface area (TPSA) is 38.7 Å². The minimum atomic E-state index is 0. The number of aromatic nitrogens is 3. The second kappa shape index (κ2) is 13.9. The molecule has 41 heavy (non-hydrogen) atoms. The number of hydrogen-bond donors (Lipinski definition) is 0. The molecule has 0 aliphatic rings. The Balaban J connectivity index is 0.000000188. The van der Waals surface area contributed by atoms with Gasteiger partial charge in [0.15, 0.2) is 0 Å². The smallest absolute Gasteiger partial charge is 0.0751 e. The summed E-state index contributed by atoms with van der Waals surface area (Å²) in [5, 5.41) is 0. The van der Waals surface area contributed by atoms with Gasteiger partial charge in [-0.1, -0.05) is 87.5 Å². The molecule has 0 atom stereocenters. The van der Waals surface area contributed by atoms with Gasteiger partial charge in [0.05, 0.1) is 5.82 Å². The molecule has 1 radical (unpaired) electrons. The van der Waals surface area contributed by atoms with Crippen LogP contribution >= 0.6 is 0 Å². The van der Waals surface area contributed by atoms with E-state index in [0.717, 1.165) is 33.9 Å². The number of rotatable bonds is 4. The van der Waals surface area contributed by atoms with Gasteiger partial charge >= 0.3 is 0 Å². The predicted molar refractivity (Wildman–Crippen MR) is 164 cm³/mol. The van der Waals surface area contributed by atoms with Gasteiger partial charge < -0.3 is 4.98 Å². The first-order valence-electron chi connectivity index (χ1n) is 13.4. The Bertz CT molecular complexity index is 1610. The van der Waals surface area contributed by atoms with Crippen molar-refractivity contribution in [2.75, 3.05) is 0 Å². The maximum atomic E-state index is 4.71. The van der Waals surface area contributed by atoms with Crippen molar-refractivity contribution in [3.05, 3.63) is 152 Å². The van der Waals surface area contributed by atoms with E-state index in [1.54, 1.807) is 0 Å². The Morgan fingerprint density at radius 3 is 1.78 bits per heavy atom. The van der Waals surface area contributed by atoms with Gasteiger partial charge in [0.1, 0.15) is 0 Å². The van der Waals surface area contributed by atoms with E-state index in [2.05, 4.69) is 85.3 Å². The van der Waals surface area contributed by atoms with E-state index < -0.39 is 0 Å². The van der Waals surface area contributed by atoms with E-state index in [1.165, 1.54) is 16.7 Å². The maximum Gasteiger partial charge on any atom is 0.0751 e. The molecular weight excluding hydrogens is 679 g/mol. The van der Waals surface area contributed by atoms with Gasteiger partial charge in [-0.3, -0.25) is 9.97 Å². The number of hydrogen-bond acceptors (Lipinski definition) is 3. The van der Waals surface area contributed by atoms with Gasteiger partial charge in [0, 0.05) is 43.6 Å². The summed E-state index contributed by atoms with van der Waals surface area (Å²) >= 11 is 0. The second-order valence-electron chi connectivity index (χ2n) is 10.4. The van der Waals surface area contributed by atoms with E-state index in [4.69, 9.17) is 4.98 Å². The van der Waals surface area contributed by atoms with Crippen LogP contribution in [-0.4, -0.2) is 15.0 Å². The molecular formula is C37H31IrN3-2. The minimum Gasteiger partial charge on any atom is -0.305 e. The van der Waals surface area contributed by atoms with E-state index in [9.17, 15) is 0 Å². The monoisotopic (exact) mass is 710 g/mol. The van der Waals surface area contributed by atoms with Crippen LogP contribution in [0.2, 0.25) is 0 Å². The van der Waals surface area contributed by atoms with Crippen molar-refractivity contribution in [1.82, 2.24) is 15.0 Å².